The minimum atomic E-state index is 0.531. The second kappa shape index (κ2) is 8.59. The summed E-state index contributed by atoms with van der Waals surface area (Å²) in [6.45, 7) is 12.3. The molecule has 122 valence electrons. The second-order valence-corrected chi connectivity index (χ2v) is 6.57. The summed E-state index contributed by atoms with van der Waals surface area (Å²) in [7, 11) is 0. The van der Waals surface area contributed by atoms with E-state index in [1.165, 1.54) is 19.3 Å². The molecule has 1 unspecified atom stereocenters. The summed E-state index contributed by atoms with van der Waals surface area (Å²) in [5.74, 6) is 1.69. The van der Waals surface area contributed by atoms with Crippen molar-refractivity contribution >= 4 is 5.96 Å². The quantitative estimate of drug-likeness (QED) is 0.551. The zero-order valence-corrected chi connectivity index (χ0v) is 13.9. The first-order valence-corrected chi connectivity index (χ1v) is 8.55. The Morgan fingerprint density at radius 2 is 2.00 bits per heavy atom. The molecule has 21 heavy (non-hydrogen) atoms. The highest BCUT2D eigenvalue weighted by Gasteiger charge is 2.24. The Kier molecular flexibility index (Phi) is 6.77. The van der Waals surface area contributed by atoms with E-state index in [1.54, 1.807) is 0 Å². The Bertz CT molecular complexity index is 322. The molecule has 0 spiro atoms. The summed E-state index contributed by atoms with van der Waals surface area (Å²) in [6, 6.07) is 1.18. The first kappa shape index (κ1) is 16.6. The molecule has 1 saturated heterocycles. The SMILES string of the molecule is CCNC(=NCC(CC(C)C)N1CCOCC1)NC1CC1. The molecule has 5 heteroatoms. The molecule has 2 N–H and O–H groups in total. The summed E-state index contributed by atoms with van der Waals surface area (Å²) in [6.07, 6.45) is 3.76. The van der Waals surface area contributed by atoms with Crippen LogP contribution in [0.4, 0.5) is 0 Å². The predicted molar refractivity (Wildman–Crippen MR) is 87.8 cm³/mol. The largest absolute Gasteiger partial charge is 0.379 e. The Morgan fingerprint density at radius 1 is 1.29 bits per heavy atom. The summed E-state index contributed by atoms with van der Waals surface area (Å²) >= 11 is 0. The van der Waals surface area contributed by atoms with Crippen molar-refractivity contribution in [2.75, 3.05) is 39.4 Å². The molecule has 2 fully saturated rings. The maximum atomic E-state index is 5.48. The summed E-state index contributed by atoms with van der Waals surface area (Å²) in [5, 5.41) is 6.86. The monoisotopic (exact) mass is 296 g/mol. The number of rotatable bonds is 7. The van der Waals surface area contributed by atoms with Crippen molar-refractivity contribution in [2.45, 2.75) is 52.1 Å². The highest BCUT2D eigenvalue weighted by molar-refractivity contribution is 5.80. The van der Waals surface area contributed by atoms with Gasteiger partial charge in [-0.05, 0) is 32.1 Å². The first-order chi connectivity index (χ1) is 10.2. The van der Waals surface area contributed by atoms with Gasteiger partial charge in [0.05, 0.1) is 19.8 Å². The lowest BCUT2D eigenvalue weighted by atomic mass is 10.0. The van der Waals surface area contributed by atoms with Crippen molar-refractivity contribution in [1.29, 1.82) is 0 Å². The lowest BCUT2D eigenvalue weighted by Crippen LogP contribution is -2.46. The number of aliphatic imine (C=N–C) groups is 1. The third kappa shape index (κ3) is 6.22. The Hall–Kier alpha value is -0.810. The van der Waals surface area contributed by atoms with Crippen LogP contribution in [0.1, 0.15) is 40.0 Å². The van der Waals surface area contributed by atoms with E-state index in [-0.39, 0.29) is 0 Å². The number of morpholine rings is 1. The zero-order valence-electron chi connectivity index (χ0n) is 13.9. The van der Waals surface area contributed by atoms with Gasteiger partial charge in [0.15, 0.2) is 5.96 Å². The van der Waals surface area contributed by atoms with E-state index >= 15 is 0 Å². The molecule has 1 heterocycles. The Balaban J connectivity index is 1.90. The average Bonchev–Trinajstić information content (AvgIpc) is 3.28. The molecule has 2 aliphatic rings. The molecule has 0 aromatic heterocycles. The Morgan fingerprint density at radius 3 is 2.57 bits per heavy atom. The topological polar surface area (TPSA) is 48.9 Å². The third-order valence-corrected chi connectivity index (χ3v) is 4.03. The number of nitrogens with one attached hydrogen (secondary N) is 2. The fraction of sp³-hybridized carbons (Fsp3) is 0.938. The van der Waals surface area contributed by atoms with E-state index in [2.05, 4.69) is 36.3 Å². The van der Waals surface area contributed by atoms with E-state index in [0.29, 0.717) is 18.0 Å². The van der Waals surface area contributed by atoms with E-state index in [4.69, 9.17) is 9.73 Å². The smallest absolute Gasteiger partial charge is 0.191 e. The molecule has 1 saturated carbocycles. The van der Waals surface area contributed by atoms with Crippen LogP contribution >= 0.6 is 0 Å². The molecule has 1 aliphatic carbocycles. The van der Waals surface area contributed by atoms with Crippen molar-refractivity contribution < 1.29 is 4.74 Å². The number of hydrogen-bond acceptors (Lipinski definition) is 3. The molecular formula is C16H32N4O. The molecule has 2 rings (SSSR count). The summed E-state index contributed by atoms with van der Waals surface area (Å²) in [4.78, 5) is 7.38. The summed E-state index contributed by atoms with van der Waals surface area (Å²) < 4.78 is 5.48. The fourth-order valence-corrected chi connectivity index (χ4v) is 2.76. The molecule has 0 amide bonds. The zero-order chi connectivity index (χ0) is 15.1. The van der Waals surface area contributed by atoms with Crippen LogP contribution in [0.3, 0.4) is 0 Å². The second-order valence-electron chi connectivity index (χ2n) is 6.57. The van der Waals surface area contributed by atoms with Gasteiger partial charge < -0.3 is 15.4 Å². The molecule has 1 atom stereocenters. The first-order valence-electron chi connectivity index (χ1n) is 8.55. The van der Waals surface area contributed by atoms with Gasteiger partial charge in [-0.2, -0.15) is 0 Å². The number of nitrogens with zero attached hydrogens (tertiary/aromatic N) is 2. The third-order valence-electron chi connectivity index (χ3n) is 4.03. The van der Waals surface area contributed by atoms with Crippen LogP contribution < -0.4 is 10.6 Å². The lowest BCUT2D eigenvalue weighted by Gasteiger charge is -2.34. The van der Waals surface area contributed by atoms with Crippen LogP contribution in [-0.4, -0.2) is 62.3 Å². The average molecular weight is 296 g/mol. The molecule has 1 aliphatic heterocycles. The molecular weight excluding hydrogens is 264 g/mol. The van der Waals surface area contributed by atoms with Crippen molar-refractivity contribution in [2.24, 2.45) is 10.9 Å². The van der Waals surface area contributed by atoms with Gasteiger partial charge in [-0.3, -0.25) is 9.89 Å². The van der Waals surface area contributed by atoms with E-state index < -0.39 is 0 Å². The molecule has 0 bridgehead atoms. The van der Waals surface area contributed by atoms with Crippen LogP contribution in [0, 0.1) is 5.92 Å². The van der Waals surface area contributed by atoms with Gasteiger partial charge in [-0.1, -0.05) is 13.8 Å². The van der Waals surface area contributed by atoms with Gasteiger partial charge in [-0.25, -0.2) is 0 Å². The minimum Gasteiger partial charge on any atom is -0.379 e. The fourth-order valence-electron chi connectivity index (χ4n) is 2.76. The van der Waals surface area contributed by atoms with Crippen molar-refractivity contribution in [3.8, 4) is 0 Å². The van der Waals surface area contributed by atoms with Gasteiger partial charge in [0.25, 0.3) is 0 Å². The van der Waals surface area contributed by atoms with Crippen LogP contribution in [0.15, 0.2) is 4.99 Å². The van der Waals surface area contributed by atoms with Gasteiger partial charge in [0.1, 0.15) is 0 Å². The maximum absolute atomic E-state index is 5.48. The molecule has 0 aromatic carbocycles. The van der Waals surface area contributed by atoms with Gasteiger partial charge in [0.2, 0.25) is 0 Å². The normalized spacial score (nSPS) is 22.4. The van der Waals surface area contributed by atoms with Crippen LogP contribution in [0.2, 0.25) is 0 Å². The van der Waals surface area contributed by atoms with Gasteiger partial charge >= 0.3 is 0 Å². The van der Waals surface area contributed by atoms with Gasteiger partial charge in [-0.15, -0.1) is 0 Å². The van der Waals surface area contributed by atoms with E-state index in [0.717, 1.165) is 45.4 Å². The molecule has 5 nitrogen and oxygen atoms in total. The number of hydrogen-bond donors (Lipinski definition) is 2. The van der Waals surface area contributed by atoms with Crippen molar-refractivity contribution in [1.82, 2.24) is 15.5 Å². The van der Waals surface area contributed by atoms with Crippen molar-refractivity contribution in [3.05, 3.63) is 0 Å². The highest BCUT2D eigenvalue weighted by Crippen LogP contribution is 2.18. The number of guanidine groups is 1. The lowest BCUT2D eigenvalue weighted by molar-refractivity contribution is 0.0143. The van der Waals surface area contributed by atoms with Crippen LogP contribution in [0.25, 0.3) is 0 Å². The van der Waals surface area contributed by atoms with E-state index in [1.807, 2.05) is 0 Å². The highest BCUT2D eigenvalue weighted by atomic mass is 16.5. The standard InChI is InChI=1S/C16H32N4O/c1-4-17-16(19-14-5-6-14)18-12-15(11-13(2)3)20-7-9-21-10-8-20/h13-15H,4-12H2,1-3H3,(H2,17,18,19). The van der Waals surface area contributed by atoms with E-state index in [9.17, 15) is 0 Å². The molecule has 0 radical (unpaired) electrons. The molecule has 0 aromatic rings. The minimum absolute atomic E-state index is 0.531. The van der Waals surface area contributed by atoms with Crippen LogP contribution in [-0.2, 0) is 4.74 Å². The summed E-state index contributed by atoms with van der Waals surface area (Å²) in [5.41, 5.74) is 0. The number of ether oxygens (including phenoxy) is 1. The van der Waals surface area contributed by atoms with Gasteiger partial charge in [0, 0.05) is 31.7 Å². The van der Waals surface area contributed by atoms with Crippen LogP contribution in [0.5, 0.6) is 0 Å². The van der Waals surface area contributed by atoms with Crippen molar-refractivity contribution in [3.63, 3.8) is 0 Å². The predicted octanol–water partition coefficient (Wildman–Crippen LogP) is 1.45. The Labute approximate surface area is 129 Å². The maximum Gasteiger partial charge on any atom is 0.191 e.